The summed E-state index contributed by atoms with van der Waals surface area (Å²) >= 11 is 0. The Morgan fingerprint density at radius 3 is 2.73 bits per heavy atom. The van der Waals surface area contributed by atoms with Gasteiger partial charge in [-0.2, -0.15) is 0 Å². The summed E-state index contributed by atoms with van der Waals surface area (Å²) in [5.74, 6) is 2.78. The Hall–Kier alpha value is -0.570. The van der Waals surface area contributed by atoms with Crippen molar-refractivity contribution in [2.75, 3.05) is 7.11 Å². The molecule has 0 aromatic heterocycles. The van der Waals surface area contributed by atoms with E-state index in [1.165, 1.54) is 38.5 Å². The van der Waals surface area contributed by atoms with E-state index in [1.54, 1.807) is 0 Å². The molecule has 3 heteroatoms. The van der Waals surface area contributed by atoms with E-state index in [0.29, 0.717) is 23.0 Å². The molecule has 4 aliphatic rings. The summed E-state index contributed by atoms with van der Waals surface area (Å²) in [5, 5.41) is 3.32. The van der Waals surface area contributed by atoms with Gasteiger partial charge in [-0.15, -0.1) is 0 Å². The van der Waals surface area contributed by atoms with Crippen LogP contribution in [0, 0.1) is 28.6 Å². The van der Waals surface area contributed by atoms with Gasteiger partial charge in [0.2, 0.25) is 5.91 Å². The minimum atomic E-state index is 0.280. The zero-order chi connectivity index (χ0) is 15.5. The van der Waals surface area contributed by atoms with Gasteiger partial charge in [-0.05, 0) is 73.5 Å². The maximum atomic E-state index is 11.8. The SMILES string of the molecule is COC1C[C@H]2[C@@H]3CCC4NC(=O)CC[C@]4(C)[C@@H]3CC[C@]2(C)C1. The first kappa shape index (κ1) is 15.0. The van der Waals surface area contributed by atoms with Gasteiger partial charge in [-0.1, -0.05) is 13.8 Å². The molecule has 2 unspecified atom stereocenters. The molecule has 3 saturated carbocycles. The molecule has 7 atom stereocenters. The molecule has 0 bridgehead atoms. The number of amides is 1. The van der Waals surface area contributed by atoms with E-state index in [1.807, 2.05) is 7.11 Å². The fraction of sp³-hybridized carbons (Fsp3) is 0.947. The maximum Gasteiger partial charge on any atom is 0.220 e. The van der Waals surface area contributed by atoms with Crippen LogP contribution in [0.25, 0.3) is 0 Å². The molecule has 4 fully saturated rings. The summed E-state index contributed by atoms with van der Waals surface area (Å²) in [6.45, 7) is 4.99. The van der Waals surface area contributed by atoms with E-state index < -0.39 is 0 Å². The number of hydrogen-bond acceptors (Lipinski definition) is 2. The second-order valence-corrected chi connectivity index (χ2v) is 9.07. The van der Waals surface area contributed by atoms with Crippen LogP contribution in [0.3, 0.4) is 0 Å². The van der Waals surface area contributed by atoms with Gasteiger partial charge in [0.1, 0.15) is 0 Å². The summed E-state index contributed by atoms with van der Waals surface area (Å²) < 4.78 is 5.74. The molecule has 0 radical (unpaired) electrons. The van der Waals surface area contributed by atoms with Crippen molar-refractivity contribution in [3.63, 3.8) is 0 Å². The first-order chi connectivity index (χ1) is 10.5. The highest BCUT2D eigenvalue weighted by molar-refractivity contribution is 5.77. The third kappa shape index (κ3) is 2.00. The lowest BCUT2D eigenvalue weighted by Crippen LogP contribution is -2.60. The predicted octanol–water partition coefficient (Wildman–Crippen LogP) is 3.52. The number of rotatable bonds is 1. The number of carbonyl (C=O) groups excluding carboxylic acids is 1. The van der Waals surface area contributed by atoms with Crippen molar-refractivity contribution in [1.29, 1.82) is 0 Å². The molecule has 1 heterocycles. The number of methoxy groups -OCH3 is 1. The standard InChI is InChI=1S/C19H31NO2/c1-18-8-6-14-13(15(18)10-12(11-18)22-3)4-5-16-19(14,2)9-7-17(21)20-16/h12-16H,4-11H2,1-3H3,(H,20,21)/t12?,13-,14-,15+,16?,18-,19-/m1/s1. The molecule has 124 valence electrons. The molecule has 22 heavy (non-hydrogen) atoms. The molecule has 1 N–H and O–H groups in total. The van der Waals surface area contributed by atoms with Gasteiger partial charge in [-0.25, -0.2) is 0 Å². The summed E-state index contributed by atoms with van der Waals surface area (Å²) in [6, 6.07) is 0.430. The average molecular weight is 305 g/mol. The van der Waals surface area contributed by atoms with E-state index in [-0.39, 0.29) is 5.91 Å². The molecule has 0 spiro atoms. The van der Waals surface area contributed by atoms with Crippen LogP contribution in [0.4, 0.5) is 0 Å². The predicted molar refractivity (Wildman–Crippen MR) is 86.3 cm³/mol. The Balaban J connectivity index is 1.61. The normalized spacial score (nSPS) is 54.1. The fourth-order valence-corrected chi connectivity index (χ4v) is 6.88. The lowest BCUT2D eigenvalue weighted by atomic mass is 9.48. The first-order valence-corrected chi connectivity index (χ1v) is 9.28. The molecule has 3 aliphatic carbocycles. The van der Waals surface area contributed by atoms with Crippen molar-refractivity contribution in [3.8, 4) is 0 Å². The third-order valence-corrected chi connectivity index (χ3v) is 8.16. The summed E-state index contributed by atoms with van der Waals surface area (Å²) in [7, 11) is 1.89. The molecule has 3 nitrogen and oxygen atoms in total. The van der Waals surface area contributed by atoms with Crippen LogP contribution < -0.4 is 5.32 Å². The summed E-state index contributed by atoms with van der Waals surface area (Å²) in [4.78, 5) is 11.8. The van der Waals surface area contributed by atoms with E-state index in [4.69, 9.17) is 4.74 Å². The van der Waals surface area contributed by atoms with Crippen molar-refractivity contribution in [3.05, 3.63) is 0 Å². The average Bonchev–Trinajstić information content (AvgIpc) is 2.85. The van der Waals surface area contributed by atoms with Crippen LogP contribution in [-0.4, -0.2) is 25.2 Å². The Bertz CT molecular complexity index is 478. The van der Waals surface area contributed by atoms with Crippen LogP contribution in [-0.2, 0) is 9.53 Å². The highest BCUT2D eigenvalue weighted by Gasteiger charge is 2.59. The van der Waals surface area contributed by atoms with Crippen LogP contribution in [0.15, 0.2) is 0 Å². The highest BCUT2D eigenvalue weighted by Crippen LogP contribution is 2.64. The third-order valence-electron chi connectivity index (χ3n) is 8.16. The van der Waals surface area contributed by atoms with Gasteiger partial charge >= 0.3 is 0 Å². The maximum absolute atomic E-state index is 11.8. The van der Waals surface area contributed by atoms with E-state index in [2.05, 4.69) is 19.2 Å². The van der Waals surface area contributed by atoms with Gasteiger partial charge in [0.25, 0.3) is 0 Å². The molecule has 1 saturated heterocycles. The Morgan fingerprint density at radius 1 is 1.14 bits per heavy atom. The van der Waals surface area contributed by atoms with Crippen LogP contribution in [0.5, 0.6) is 0 Å². The Morgan fingerprint density at radius 2 is 1.95 bits per heavy atom. The fourth-order valence-electron chi connectivity index (χ4n) is 6.88. The highest BCUT2D eigenvalue weighted by atomic mass is 16.5. The summed E-state index contributed by atoms with van der Waals surface area (Å²) in [5.41, 5.74) is 0.840. The van der Waals surface area contributed by atoms with Gasteiger partial charge < -0.3 is 10.1 Å². The number of fused-ring (bicyclic) bond motifs is 5. The van der Waals surface area contributed by atoms with Crippen LogP contribution in [0.1, 0.15) is 65.2 Å². The molecular formula is C19H31NO2. The molecule has 4 rings (SSSR count). The quantitative estimate of drug-likeness (QED) is 0.805. The van der Waals surface area contributed by atoms with Crippen LogP contribution in [0.2, 0.25) is 0 Å². The van der Waals surface area contributed by atoms with Crippen molar-refractivity contribution in [1.82, 2.24) is 5.32 Å². The lowest BCUT2D eigenvalue weighted by molar-refractivity contribution is -0.135. The Kier molecular flexibility index (Phi) is 3.38. The molecule has 0 aromatic carbocycles. The van der Waals surface area contributed by atoms with Crippen molar-refractivity contribution < 1.29 is 9.53 Å². The molecular weight excluding hydrogens is 274 g/mol. The lowest BCUT2D eigenvalue weighted by Gasteiger charge is -2.59. The molecule has 1 aliphatic heterocycles. The summed E-state index contributed by atoms with van der Waals surface area (Å²) in [6.07, 6.45) is 10.0. The van der Waals surface area contributed by atoms with E-state index >= 15 is 0 Å². The van der Waals surface area contributed by atoms with Crippen LogP contribution >= 0.6 is 0 Å². The largest absolute Gasteiger partial charge is 0.381 e. The smallest absolute Gasteiger partial charge is 0.220 e. The van der Waals surface area contributed by atoms with Gasteiger partial charge in [0, 0.05) is 19.6 Å². The number of piperidine rings is 1. The number of ether oxygens (including phenoxy) is 1. The zero-order valence-corrected chi connectivity index (χ0v) is 14.4. The van der Waals surface area contributed by atoms with E-state index in [0.717, 1.165) is 30.6 Å². The number of nitrogens with one attached hydrogen (secondary N) is 1. The van der Waals surface area contributed by atoms with Crippen molar-refractivity contribution >= 4 is 5.91 Å². The molecule has 1 amide bonds. The zero-order valence-electron chi connectivity index (χ0n) is 14.4. The monoisotopic (exact) mass is 305 g/mol. The van der Waals surface area contributed by atoms with Gasteiger partial charge in [0.05, 0.1) is 6.10 Å². The van der Waals surface area contributed by atoms with Crippen molar-refractivity contribution in [2.24, 2.45) is 28.6 Å². The first-order valence-electron chi connectivity index (χ1n) is 9.28. The number of carbonyl (C=O) groups is 1. The number of hydrogen-bond donors (Lipinski definition) is 1. The van der Waals surface area contributed by atoms with E-state index in [9.17, 15) is 4.79 Å². The minimum Gasteiger partial charge on any atom is -0.381 e. The van der Waals surface area contributed by atoms with Gasteiger partial charge in [0.15, 0.2) is 0 Å². The van der Waals surface area contributed by atoms with Crippen molar-refractivity contribution in [2.45, 2.75) is 77.4 Å². The Labute approximate surface area is 134 Å². The molecule has 0 aromatic rings. The minimum absolute atomic E-state index is 0.280. The van der Waals surface area contributed by atoms with Gasteiger partial charge in [-0.3, -0.25) is 4.79 Å². The second kappa shape index (κ2) is 4.96. The topological polar surface area (TPSA) is 38.3 Å². The second-order valence-electron chi connectivity index (χ2n) is 9.07.